The van der Waals surface area contributed by atoms with Crippen LogP contribution >= 0.6 is 0 Å². The van der Waals surface area contributed by atoms with Crippen molar-refractivity contribution < 1.29 is 4.42 Å². The highest BCUT2D eigenvalue weighted by Crippen LogP contribution is 2.37. The van der Waals surface area contributed by atoms with Crippen molar-refractivity contribution >= 4 is 50.0 Å². The van der Waals surface area contributed by atoms with Gasteiger partial charge in [0.2, 0.25) is 5.89 Å². The highest BCUT2D eigenvalue weighted by Gasteiger charge is 2.14. The molecule has 0 atom stereocenters. The van der Waals surface area contributed by atoms with E-state index in [0.29, 0.717) is 5.89 Å². The Morgan fingerprint density at radius 3 is 1.93 bits per heavy atom. The fourth-order valence-corrected chi connectivity index (χ4v) is 5.41. The lowest BCUT2D eigenvalue weighted by molar-refractivity contribution is 0.620. The van der Waals surface area contributed by atoms with Crippen molar-refractivity contribution in [3.05, 3.63) is 146 Å². The van der Waals surface area contributed by atoms with Crippen LogP contribution in [0.4, 0.5) is 17.1 Å². The maximum absolute atomic E-state index is 5.99. The first-order valence-corrected chi connectivity index (χ1v) is 13.9. The lowest BCUT2D eigenvalue weighted by Crippen LogP contribution is -2.09. The normalized spacial score (nSPS) is 11.3. The van der Waals surface area contributed by atoms with Gasteiger partial charge in [0.15, 0.2) is 5.58 Å². The molecule has 0 aliphatic rings. The third kappa shape index (κ3) is 4.34. The number of hydrogen-bond acceptors (Lipinski definition) is 5. The average molecular weight is 541 g/mol. The van der Waals surface area contributed by atoms with Crippen molar-refractivity contribution in [2.75, 3.05) is 4.90 Å². The van der Waals surface area contributed by atoms with Crippen molar-refractivity contribution in [3.63, 3.8) is 0 Å². The Labute approximate surface area is 242 Å². The molecule has 3 aromatic heterocycles. The first-order chi connectivity index (χ1) is 20.8. The zero-order valence-corrected chi connectivity index (χ0v) is 22.6. The Bertz CT molecular complexity index is 2150. The van der Waals surface area contributed by atoms with Gasteiger partial charge in [-0.25, -0.2) is 9.97 Å². The van der Waals surface area contributed by atoms with E-state index in [-0.39, 0.29) is 0 Å². The summed E-state index contributed by atoms with van der Waals surface area (Å²) < 4.78 is 5.99. The molecule has 0 fully saturated rings. The van der Waals surface area contributed by atoms with Crippen LogP contribution in [-0.2, 0) is 0 Å². The monoisotopic (exact) mass is 540 g/mol. The number of anilines is 3. The maximum Gasteiger partial charge on any atom is 0.227 e. The number of pyridine rings is 2. The Hall–Kier alpha value is -5.81. The van der Waals surface area contributed by atoms with Crippen LogP contribution < -0.4 is 4.90 Å². The molecule has 0 saturated carbocycles. The van der Waals surface area contributed by atoms with Crippen LogP contribution in [-0.4, -0.2) is 15.0 Å². The molecule has 5 nitrogen and oxygen atoms in total. The number of hydrogen-bond donors (Lipinski definition) is 0. The molecule has 0 saturated heterocycles. The SMILES string of the molecule is c1ccc(N(c2ccc(-c3ccc4cc5ncccc5cc4n3)cc2)c2ccc(-c3nc4ccccc4o3)cc2)cc1. The van der Waals surface area contributed by atoms with Gasteiger partial charge in [-0.05, 0) is 84.9 Å². The number of aromatic nitrogens is 3. The maximum atomic E-state index is 5.99. The Kier molecular flexibility index (Phi) is 5.71. The summed E-state index contributed by atoms with van der Waals surface area (Å²) >= 11 is 0. The van der Waals surface area contributed by atoms with Gasteiger partial charge in [-0.3, -0.25) is 4.98 Å². The number of para-hydroxylation sites is 3. The molecule has 0 aliphatic heterocycles. The van der Waals surface area contributed by atoms with Gasteiger partial charge in [0, 0.05) is 45.2 Å². The van der Waals surface area contributed by atoms with Crippen molar-refractivity contribution in [1.29, 1.82) is 0 Å². The van der Waals surface area contributed by atoms with Gasteiger partial charge in [-0.2, -0.15) is 0 Å². The van der Waals surface area contributed by atoms with Gasteiger partial charge in [0.05, 0.1) is 16.7 Å². The van der Waals surface area contributed by atoms with Crippen LogP contribution in [0, 0.1) is 0 Å². The smallest absolute Gasteiger partial charge is 0.227 e. The minimum atomic E-state index is 0.616. The quantitative estimate of drug-likeness (QED) is 0.203. The highest BCUT2D eigenvalue weighted by atomic mass is 16.3. The van der Waals surface area contributed by atoms with E-state index in [1.807, 2.05) is 42.6 Å². The summed E-state index contributed by atoms with van der Waals surface area (Å²) in [6, 6.07) is 47.5. The summed E-state index contributed by atoms with van der Waals surface area (Å²) in [5.41, 5.74) is 9.68. The number of rotatable bonds is 5. The Balaban J connectivity index is 1.14. The summed E-state index contributed by atoms with van der Waals surface area (Å²) in [5, 5.41) is 2.17. The fraction of sp³-hybridized carbons (Fsp3) is 0. The molecule has 0 bridgehead atoms. The van der Waals surface area contributed by atoms with E-state index in [9.17, 15) is 0 Å². The highest BCUT2D eigenvalue weighted by molar-refractivity contribution is 5.95. The van der Waals surface area contributed by atoms with Crippen LogP contribution in [0.5, 0.6) is 0 Å². The zero-order valence-electron chi connectivity index (χ0n) is 22.6. The number of benzene rings is 5. The molecule has 0 spiro atoms. The van der Waals surface area contributed by atoms with E-state index in [1.54, 1.807) is 0 Å². The number of oxazole rings is 1. The van der Waals surface area contributed by atoms with E-state index < -0.39 is 0 Å². The van der Waals surface area contributed by atoms with Crippen LogP contribution in [0.25, 0.3) is 55.6 Å². The second kappa shape index (κ2) is 9.98. The largest absolute Gasteiger partial charge is 0.436 e. The molecular weight excluding hydrogens is 516 g/mol. The predicted molar refractivity (Wildman–Crippen MR) is 170 cm³/mol. The summed E-state index contributed by atoms with van der Waals surface area (Å²) in [5.74, 6) is 0.616. The molecule has 0 radical (unpaired) electrons. The molecule has 0 amide bonds. The van der Waals surface area contributed by atoms with Crippen molar-refractivity contribution in [2.24, 2.45) is 0 Å². The molecule has 8 rings (SSSR count). The first kappa shape index (κ1) is 24.0. The minimum Gasteiger partial charge on any atom is -0.436 e. The topological polar surface area (TPSA) is 55.1 Å². The van der Waals surface area contributed by atoms with Crippen LogP contribution in [0.15, 0.2) is 150 Å². The Morgan fingerprint density at radius 1 is 0.476 bits per heavy atom. The third-order valence-electron chi connectivity index (χ3n) is 7.52. The van der Waals surface area contributed by atoms with Gasteiger partial charge in [0.25, 0.3) is 0 Å². The molecular formula is C37H24N4O. The molecule has 0 N–H and O–H groups in total. The third-order valence-corrected chi connectivity index (χ3v) is 7.52. The van der Waals surface area contributed by atoms with Gasteiger partial charge in [0.1, 0.15) is 5.52 Å². The number of fused-ring (bicyclic) bond motifs is 3. The van der Waals surface area contributed by atoms with Gasteiger partial charge >= 0.3 is 0 Å². The van der Waals surface area contributed by atoms with E-state index >= 15 is 0 Å². The van der Waals surface area contributed by atoms with Crippen LogP contribution in [0.1, 0.15) is 0 Å². The summed E-state index contributed by atoms with van der Waals surface area (Å²) in [6.45, 7) is 0. The summed E-state index contributed by atoms with van der Waals surface area (Å²) in [7, 11) is 0. The molecule has 8 aromatic rings. The Morgan fingerprint density at radius 2 is 1.14 bits per heavy atom. The van der Waals surface area contributed by atoms with Crippen molar-refractivity contribution in [2.45, 2.75) is 0 Å². The lowest BCUT2D eigenvalue weighted by Gasteiger charge is -2.25. The number of nitrogens with zero attached hydrogens (tertiary/aromatic N) is 4. The van der Waals surface area contributed by atoms with E-state index in [4.69, 9.17) is 9.40 Å². The second-order valence-corrected chi connectivity index (χ2v) is 10.2. The van der Waals surface area contributed by atoms with E-state index in [1.165, 1.54) is 0 Å². The van der Waals surface area contributed by atoms with E-state index in [0.717, 1.165) is 66.8 Å². The lowest BCUT2D eigenvalue weighted by atomic mass is 10.1. The van der Waals surface area contributed by atoms with Gasteiger partial charge < -0.3 is 9.32 Å². The van der Waals surface area contributed by atoms with Crippen molar-refractivity contribution in [3.8, 4) is 22.7 Å². The zero-order chi connectivity index (χ0) is 27.9. The molecule has 0 aliphatic carbocycles. The fourth-order valence-electron chi connectivity index (χ4n) is 5.41. The summed E-state index contributed by atoms with van der Waals surface area (Å²) in [6.07, 6.45) is 1.82. The van der Waals surface area contributed by atoms with Gasteiger partial charge in [-0.15, -0.1) is 0 Å². The predicted octanol–water partition coefficient (Wildman–Crippen LogP) is 9.73. The molecule has 5 heteroatoms. The minimum absolute atomic E-state index is 0.616. The van der Waals surface area contributed by atoms with Crippen molar-refractivity contribution in [1.82, 2.24) is 15.0 Å². The molecule has 0 unspecified atom stereocenters. The second-order valence-electron chi connectivity index (χ2n) is 10.2. The molecule has 198 valence electrons. The van der Waals surface area contributed by atoms with E-state index in [2.05, 4.69) is 118 Å². The first-order valence-electron chi connectivity index (χ1n) is 13.9. The summed E-state index contributed by atoms with van der Waals surface area (Å²) in [4.78, 5) is 16.4. The molecule has 42 heavy (non-hydrogen) atoms. The molecule has 5 aromatic carbocycles. The molecule has 3 heterocycles. The van der Waals surface area contributed by atoms with Crippen LogP contribution in [0.3, 0.4) is 0 Å². The average Bonchev–Trinajstić information content (AvgIpc) is 3.49. The van der Waals surface area contributed by atoms with Gasteiger partial charge in [-0.1, -0.05) is 54.6 Å². The standard InChI is InChI=1S/C37H24N4O/c1-2-8-29(9-3-1)41(31-19-14-26(15-20-31)37-40-33-10-4-5-11-36(33)42-37)30-17-12-25(13-18-30)32-21-16-28-23-34-27(7-6-22-38-34)24-35(28)39-32/h1-24H. The van der Waals surface area contributed by atoms with Crippen LogP contribution in [0.2, 0.25) is 0 Å².